The highest BCUT2D eigenvalue weighted by Gasteiger charge is 2.14. The van der Waals surface area contributed by atoms with Gasteiger partial charge in [0.25, 0.3) is 15.6 Å². The highest BCUT2D eigenvalue weighted by Crippen LogP contribution is 2.14. The molecule has 7 nitrogen and oxygen atoms in total. The van der Waals surface area contributed by atoms with Crippen molar-refractivity contribution < 1.29 is 13.5 Å². The van der Waals surface area contributed by atoms with Gasteiger partial charge in [0.15, 0.2) is 5.82 Å². The van der Waals surface area contributed by atoms with Crippen LogP contribution in [0.1, 0.15) is 5.56 Å². The standard InChI is InChI=1S/C12H13N3O4S/c16-8-7-9-1-3-10(4-2-9)20(18,19)15-11-5-6-12(17)14-13-11/h1-6,16H,7-8H2,(H,13,15)(H,14,17). The van der Waals surface area contributed by atoms with Crippen LogP contribution in [0, 0.1) is 0 Å². The van der Waals surface area contributed by atoms with Crippen LogP contribution in [0.3, 0.4) is 0 Å². The zero-order chi connectivity index (χ0) is 14.6. The Hall–Kier alpha value is -2.19. The lowest BCUT2D eigenvalue weighted by atomic mass is 10.2. The lowest BCUT2D eigenvalue weighted by Gasteiger charge is -2.07. The van der Waals surface area contributed by atoms with Gasteiger partial charge in [-0.05, 0) is 30.2 Å². The predicted molar refractivity (Wildman–Crippen MR) is 72.9 cm³/mol. The number of aromatic amines is 1. The molecule has 3 N–H and O–H groups in total. The maximum Gasteiger partial charge on any atom is 0.264 e. The van der Waals surface area contributed by atoms with Crippen molar-refractivity contribution in [3.63, 3.8) is 0 Å². The normalized spacial score (nSPS) is 11.2. The molecule has 0 aliphatic rings. The van der Waals surface area contributed by atoms with E-state index in [0.717, 1.165) is 5.56 Å². The minimum absolute atomic E-state index is 0.00560. The molecule has 2 rings (SSSR count). The van der Waals surface area contributed by atoms with E-state index in [-0.39, 0.29) is 17.3 Å². The molecule has 0 saturated heterocycles. The second-order valence-electron chi connectivity index (χ2n) is 4.03. The van der Waals surface area contributed by atoms with E-state index in [1.165, 1.54) is 24.3 Å². The van der Waals surface area contributed by atoms with Crippen molar-refractivity contribution in [2.45, 2.75) is 11.3 Å². The van der Waals surface area contributed by atoms with Gasteiger partial charge in [-0.15, -0.1) is 0 Å². The number of benzene rings is 1. The van der Waals surface area contributed by atoms with E-state index in [2.05, 4.69) is 14.9 Å². The van der Waals surface area contributed by atoms with E-state index >= 15 is 0 Å². The molecule has 20 heavy (non-hydrogen) atoms. The second-order valence-corrected chi connectivity index (χ2v) is 5.71. The number of aromatic nitrogens is 2. The topological polar surface area (TPSA) is 112 Å². The Bertz CT molecular complexity index is 718. The summed E-state index contributed by atoms with van der Waals surface area (Å²) in [6.45, 7) is 0.00560. The van der Waals surface area contributed by atoms with Crippen LogP contribution in [0.25, 0.3) is 0 Å². The van der Waals surface area contributed by atoms with Crippen molar-refractivity contribution in [3.05, 3.63) is 52.3 Å². The number of nitrogens with one attached hydrogen (secondary N) is 2. The van der Waals surface area contributed by atoms with Gasteiger partial charge in [-0.3, -0.25) is 9.52 Å². The summed E-state index contributed by atoms with van der Waals surface area (Å²) in [7, 11) is -3.75. The number of rotatable bonds is 5. The van der Waals surface area contributed by atoms with Crippen LogP contribution < -0.4 is 10.3 Å². The number of aliphatic hydroxyl groups is 1. The molecular weight excluding hydrogens is 282 g/mol. The molecule has 0 saturated carbocycles. The molecule has 0 unspecified atom stereocenters. The number of nitrogens with zero attached hydrogens (tertiary/aromatic N) is 1. The summed E-state index contributed by atoms with van der Waals surface area (Å²) >= 11 is 0. The molecular formula is C12H13N3O4S. The van der Waals surface area contributed by atoms with Gasteiger partial charge in [-0.25, -0.2) is 13.5 Å². The average Bonchev–Trinajstić information content (AvgIpc) is 2.42. The third-order valence-electron chi connectivity index (χ3n) is 2.55. The summed E-state index contributed by atoms with van der Waals surface area (Å²) in [6, 6.07) is 8.60. The highest BCUT2D eigenvalue weighted by molar-refractivity contribution is 7.92. The number of hydrogen-bond acceptors (Lipinski definition) is 5. The lowest BCUT2D eigenvalue weighted by molar-refractivity contribution is 0.299. The summed E-state index contributed by atoms with van der Waals surface area (Å²) < 4.78 is 26.4. The Kier molecular flexibility index (Phi) is 4.16. The Balaban J connectivity index is 2.21. The van der Waals surface area contributed by atoms with Gasteiger partial charge >= 0.3 is 0 Å². The third-order valence-corrected chi connectivity index (χ3v) is 3.92. The molecule has 0 spiro atoms. The van der Waals surface area contributed by atoms with Gasteiger partial charge in [0.2, 0.25) is 0 Å². The Morgan fingerprint density at radius 2 is 1.85 bits per heavy atom. The van der Waals surface area contributed by atoms with Crippen LogP contribution in [0.5, 0.6) is 0 Å². The Labute approximate surface area is 115 Å². The van der Waals surface area contributed by atoms with Crippen molar-refractivity contribution in [1.29, 1.82) is 0 Å². The van der Waals surface area contributed by atoms with Crippen LogP contribution in [-0.4, -0.2) is 30.3 Å². The van der Waals surface area contributed by atoms with Crippen molar-refractivity contribution in [3.8, 4) is 0 Å². The lowest BCUT2D eigenvalue weighted by Crippen LogP contribution is -2.16. The SMILES string of the molecule is O=c1ccc(NS(=O)(=O)c2ccc(CCO)cc2)n[nH]1. The van der Waals surface area contributed by atoms with E-state index in [0.29, 0.717) is 6.42 Å². The molecule has 0 bridgehead atoms. The fourth-order valence-electron chi connectivity index (χ4n) is 1.56. The maximum atomic E-state index is 12.1. The first kappa shape index (κ1) is 14.2. The van der Waals surface area contributed by atoms with Gasteiger partial charge in [-0.1, -0.05) is 12.1 Å². The van der Waals surface area contributed by atoms with E-state index < -0.39 is 15.6 Å². The minimum Gasteiger partial charge on any atom is -0.396 e. The molecule has 0 atom stereocenters. The molecule has 1 heterocycles. The summed E-state index contributed by atoms with van der Waals surface area (Å²) in [5.41, 5.74) is 0.426. The molecule has 0 amide bonds. The Morgan fingerprint density at radius 1 is 1.15 bits per heavy atom. The fraction of sp³-hybridized carbons (Fsp3) is 0.167. The summed E-state index contributed by atoms with van der Waals surface area (Å²) in [4.78, 5) is 10.9. The summed E-state index contributed by atoms with van der Waals surface area (Å²) in [5.74, 6) is 0.0315. The summed E-state index contributed by atoms with van der Waals surface area (Å²) in [5, 5.41) is 14.5. The summed E-state index contributed by atoms with van der Waals surface area (Å²) in [6.07, 6.45) is 0.467. The molecule has 1 aromatic carbocycles. The Morgan fingerprint density at radius 3 is 2.40 bits per heavy atom. The molecule has 0 radical (unpaired) electrons. The molecule has 8 heteroatoms. The van der Waals surface area contributed by atoms with Gasteiger partial charge < -0.3 is 5.11 Å². The van der Waals surface area contributed by atoms with Crippen LogP contribution in [-0.2, 0) is 16.4 Å². The number of anilines is 1. The van der Waals surface area contributed by atoms with Gasteiger partial charge in [0.05, 0.1) is 4.90 Å². The average molecular weight is 295 g/mol. The number of aliphatic hydroxyl groups excluding tert-OH is 1. The zero-order valence-electron chi connectivity index (χ0n) is 10.4. The van der Waals surface area contributed by atoms with Crippen LogP contribution in [0.2, 0.25) is 0 Å². The first-order chi connectivity index (χ1) is 9.51. The van der Waals surface area contributed by atoms with Gasteiger partial charge in [0.1, 0.15) is 0 Å². The molecule has 0 aliphatic heterocycles. The first-order valence-corrected chi connectivity index (χ1v) is 7.28. The van der Waals surface area contributed by atoms with Crippen LogP contribution >= 0.6 is 0 Å². The first-order valence-electron chi connectivity index (χ1n) is 5.79. The quantitative estimate of drug-likeness (QED) is 0.724. The van der Waals surface area contributed by atoms with Crippen molar-refractivity contribution in [2.75, 3.05) is 11.3 Å². The zero-order valence-corrected chi connectivity index (χ0v) is 11.2. The largest absolute Gasteiger partial charge is 0.396 e. The van der Waals surface area contributed by atoms with Gasteiger partial charge in [0, 0.05) is 12.7 Å². The third kappa shape index (κ3) is 3.43. The number of sulfonamides is 1. The van der Waals surface area contributed by atoms with E-state index in [9.17, 15) is 13.2 Å². The number of H-pyrrole nitrogens is 1. The molecule has 0 aliphatic carbocycles. The van der Waals surface area contributed by atoms with E-state index in [1.807, 2.05) is 0 Å². The van der Waals surface area contributed by atoms with E-state index in [4.69, 9.17) is 5.11 Å². The fourth-order valence-corrected chi connectivity index (χ4v) is 2.56. The molecule has 106 valence electrons. The molecule has 1 aromatic heterocycles. The van der Waals surface area contributed by atoms with Crippen molar-refractivity contribution >= 4 is 15.8 Å². The monoisotopic (exact) mass is 295 g/mol. The van der Waals surface area contributed by atoms with Crippen LogP contribution in [0.4, 0.5) is 5.82 Å². The predicted octanol–water partition coefficient (Wildman–Crippen LogP) is 0.106. The number of hydrogen-bond donors (Lipinski definition) is 3. The minimum atomic E-state index is -3.75. The van der Waals surface area contributed by atoms with Crippen molar-refractivity contribution in [2.24, 2.45) is 0 Å². The second kappa shape index (κ2) is 5.85. The van der Waals surface area contributed by atoms with Gasteiger partial charge in [-0.2, -0.15) is 5.10 Å². The molecule has 0 fully saturated rings. The highest BCUT2D eigenvalue weighted by atomic mass is 32.2. The molecule has 2 aromatic rings. The van der Waals surface area contributed by atoms with Crippen LogP contribution in [0.15, 0.2) is 46.1 Å². The smallest absolute Gasteiger partial charge is 0.264 e. The maximum absolute atomic E-state index is 12.1. The van der Waals surface area contributed by atoms with Crippen molar-refractivity contribution in [1.82, 2.24) is 10.2 Å². The van der Waals surface area contributed by atoms with E-state index in [1.54, 1.807) is 12.1 Å².